The van der Waals surface area contributed by atoms with E-state index in [0.717, 1.165) is 18.5 Å². The quantitative estimate of drug-likeness (QED) is 0.128. The third kappa shape index (κ3) is 3.83. The molecule has 0 bridgehead atoms. The molecule has 3 nitrogen and oxygen atoms in total. The van der Waals surface area contributed by atoms with Crippen molar-refractivity contribution >= 4 is 71.3 Å². The number of thiophene rings is 1. The molecule has 2 unspecified atom stereocenters. The van der Waals surface area contributed by atoms with E-state index in [4.69, 9.17) is 6.58 Å². The molecule has 2 aliphatic heterocycles. The smallest absolute Gasteiger partial charge is 0.249 e. The number of para-hydroxylation sites is 1. The first-order chi connectivity index (χ1) is 25.1. The molecule has 0 spiro atoms. The molecular weight excluding hydrogens is 639 g/mol. The Bertz CT molecular complexity index is 2990. The average Bonchev–Trinajstić information content (AvgIpc) is 3.80. The summed E-state index contributed by atoms with van der Waals surface area (Å²) in [6.45, 7) is 11.1. The van der Waals surface area contributed by atoms with Gasteiger partial charge >= 0.3 is 0 Å². The van der Waals surface area contributed by atoms with Gasteiger partial charge in [-0.25, -0.2) is 0 Å². The highest BCUT2D eigenvalue weighted by Crippen LogP contribution is 2.49. The SMILES string of the molecule is C=C/C=C\c1sc2cc3c4ccccc4n4c5cc6c(cc5c(c2c1C)c34)-c1cccc[n+]1C(=C)C1C(CC6)c2ccccc2-c2cccc[n+]21. The molecule has 0 amide bonds. The topological polar surface area (TPSA) is 12.2 Å². The number of nitrogens with zero attached hydrogens (tertiary/aromatic N) is 3. The van der Waals surface area contributed by atoms with E-state index in [1.54, 1.807) is 0 Å². The zero-order valence-corrected chi connectivity index (χ0v) is 29.3. The normalized spacial score (nSPS) is 17.0. The fourth-order valence-electron chi connectivity index (χ4n) is 9.58. The summed E-state index contributed by atoms with van der Waals surface area (Å²) in [7, 11) is 0. The van der Waals surface area contributed by atoms with Gasteiger partial charge in [-0.05, 0) is 91.6 Å². The summed E-state index contributed by atoms with van der Waals surface area (Å²) in [5, 5.41) is 6.68. The van der Waals surface area contributed by atoms with E-state index in [-0.39, 0.29) is 12.0 Å². The zero-order chi connectivity index (χ0) is 34.0. The summed E-state index contributed by atoms with van der Waals surface area (Å²) in [4.78, 5) is 1.29. The molecule has 0 radical (unpaired) electrons. The zero-order valence-electron chi connectivity index (χ0n) is 28.4. The first-order valence-electron chi connectivity index (χ1n) is 17.9. The van der Waals surface area contributed by atoms with E-state index in [1.165, 1.54) is 92.3 Å². The van der Waals surface area contributed by atoms with E-state index in [2.05, 4.69) is 155 Å². The molecule has 0 saturated heterocycles. The van der Waals surface area contributed by atoms with Crippen molar-refractivity contribution < 1.29 is 9.13 Å². The number of hydrogen-bond acceptors (Lipinski definition) is 1. The molecule has 11 rings (SSSR count). The summed E-state index contributed by atoms with van der Waals surface area (Å²) in [6, 6.07) is 38.7. The van der Waals surface area contributed by atoms with Crippen molar-refractivity contribution in [2.45, 2.75) is 31.7 Å². The molecule has 4 heteroatoms. The van der Waals surface area contributed by atoms with Crippen LogP contribution in [0, 0.1) is 6.92 Å². The summed E-state index contributed by atoms with van der Waals surface area (Å²) >= 11 is 1.88. The van der Waals surface area contributed by atoms with Crippen LogP contribution in [0.3, 0.4) is 0 Å². The molecule has 5 aromatic heterocycles. The number of pyridine rings is 2. The predicted molar refractivity (Wildman–Crippen MR) is 214 cm³/mol. The van der Waals surface area contributed by atoms with Gasteiger partial charge in [0.2, 0.25) is 23.1 Å². The monoisotopic (exact) mass is 673 g/mol. The van der Waals surface area contributed by atoms with Gasteiger partial charge in [0.05, 0.1) is 28.0 Å². The first kappa shape index (κ1) is 28.9. The largest absolute Gasteiger partial charge is 0.308 e. The van der Waals surface area contributed by atoms with Gasteiger partial charge in [0.15, 0.2) is 12.4 Å². The van der Waals surface area contributed by atoms with Gasteiger partial charge in [0.25, 0.3) is 0 Å². The highest BCUT2D eigenvalue weighted by atomic mass is 32.1. The Hall–Kier alpha value is -5.84. The number of benzene rings is 4. The van der Waals surface area contributed by atoms with Crippen molar-refractivity contribution in [3.8, 4) is 22.5 Å². The van der Waals surface area contributed by atoms with Crippen molar-refractivity contribution in [3.63, 3.8) is 0 Å². The maximum Gasteiger partial charge on any atom is 0.249 e. The van der Waals surface area contributed by atoms with Gasteiger partial charge in [-0.1, -0.05) is 55.1 Å². The van der Waals surface area contributed by atoms with Crippen LogP contribution >= 0.6 is 11.3 Å². The van der Waals surface area contributed by atoms with Gasteiger partial charge in [0.1, 0.15) is 0 Å². The lowest BCUT2D eigenvalue weighted by Crippen LogP contribution is -2.53. The minimum absolute atomic E-state index is 0.0901. The Labute approximate surface area is 300 Å². The van der Waals surface area contributed by atoms with Crippen LogP contribution in [0.4, 0.5) is 0 Å². The highest BCUT2D eigenvalue weighted by molar-refractivity contribution is 7.20. The maximum atomic E-state index is 4.90. The minimum atomic E-state index is 0.0901. The van der Waals surface area contributed by atoms with Crippen molar-refractivity contribution in [2.75, 3.05) is 0 Å². The van der Waals surface area contributed by atoms with Gasteiger partial charge < -0.3 is 4.40 Å². The molecule has 4 aromatic carbocycles. The van der Waals surface area contributed by atoms with E-state index in [9.17, 15) is 0 Å². The van der Waals surface area contributed by atoms with E-state index in [1.807, 2.05) is 17.4 Å². The van der Waals surface area contributed by atoms with Crippen LogP contribution in [0.15, 0.2) is 141 Å². The fourth-order valence-corrected chi connectivity index (χ4v) is 10.8. The van der Waals surface area contributed by atoms with E-state index in [0.29, 0.717) is 0 Å². The van der Waals surface area contributed by atoms with Crippen molar-refractivity contribution in [3.05, 3.63) is 162 Å². The first-order valence-corrected chi connectivity index (χ1v) is 18.7. The van der Waals surface area contributed by atoms with Crippen LogP contribution in [0.1, 0.15) is 39.9 Å². The second kappa shape index (κ2) is 10.6. The van der Waals surface area contributed by atoms with Crippen LogP contribution in [0.2, 0.25) is 0 Å². The molecule has 0 saturated carbocycles. The Kier molecular flexibility index (Phi) is 6.01. The fraction of sp³-hybridized carbons (Fsp3) is 0.106. The maximum absolute atomic E-state index is 4.90. The van der Waals surface area contributed by atoms with Gasteiger partial charge in [0, 0.05) is 66.3 Å². The predicted octanol–water partition coefficient (Wildman–Crippen LogP) is 11.2. The van der Waals surface area contributed by atoms with Crippen LogP contribution in [0.5, 0.6) is 0 Å². The Morgan fingerprint density at radius 1 is 0.784 bits per heavy atom. The second-order valence-electron chi connectivity index (χ2n) is 14.2. The standard InChI is InChI=1S/C47H35N3S/c1-4-5-20-42-28(2)44-43(51-42)27-36-33-16-8-9-19-40(33)50-41-25-30-21-22-34-31-14-6-7-15-32(31)38-17-11-13-24-49(38)46(34)29(3)48-23-12-10-18-39(48)35(30)26-37(41)45(44)47(36)50/h4-20,23-27,34,46H,1,3,21-22H2,2H3/q+2/b20-5-. The third-order valence-corrected chi connectivity index (χ3v) is 12.9. The lowest BCUT2D eigenvalue weighted by atomic mass is 9.78. The summed E-state index contributed by atoms with van der Waals surface area (Å²) in [5.41, 5.74) is 14.2. The van der Waals surface area contributed by atoms with Crippen molar-refractivity contribution in [1.29, 1.82) is 0 Å². The summed E-state index contributed by atoms with van der Waals surface area (Å²) in [6.07, 6.45) is 12.6. The van der Waals surface area contributed by atoms with Crippen LogP contribution in [0.25, 0.3) is 82.5 Å². The lowest BCUT2D eigenvalue weighted by molar-refractivity contribution is -0.727. The van der Waals surface area contributed by atoms with Crippen LogP contribution < -0.4 is 9.13 Å². The Morgan fingerprint density at radius 2 is 1.59 bits per heavy atom. The van der Waals surface area contributed by atoms with Crippen molar-refractivity contribution in [2.24, 2.45) is 0 Å². The summed E-state index contributed by atoms with van der Waals surface area (Å²) in [5.74, 6) is 0.278. The molecule has 2 atom stereocenters. The molecule has 0 aliphatic carbocycles. The number of allylic oxidation sites excluding steroid dienone is 3. The highest BCUT2D eigenvalue weighted by Gasteiger charge is 2.46. The molecule has 9 aromatic rings. The van der Waals surface area contributed by atoms with Gasteiger partial charge in [-0.3, -0.25) is 0 Å². The number of fused-ring (bicyclic) bond motifs is 17. The van der Waals surface area contributed by atoms with Gasteiger partial charge in [-0.15, -0.1) is 11.3 Å². The van der Waals surface area contributed by atoms with Crippen LogP contribution in [-0.2, 0) is 6.42 Å². The van der Waals surface area contributed by atoms with Gasteiger partial charge in [-0.2, -0.15) is 9.13 Å². The second-order valence-corrected chi connectivity index (χ2v) is 15.3. The molecule has 0 N–H and O–H groups in total. The molecule has 0 fully saturated rings. The Balaban J connectivity index is 1.25. The molecule has 2 aliphatic rings. The molecule has 242 valence electrons. The Morgan fingerprint density at radius 3 is 2.49 bits per heavy atom. The van der Waals surface area contributed by atoms with E-state index >= 15 is 0 Å². The summed E-state index contributed by atoms with van der Waals surface area (Å²) < 4.78 is 8.74. The molecular formula is C47H35N3S+2. The minimum Gasteiger partial charge on any atom is -0.308 e. The van der Waals surface area contributed by atoms with Crippen LogP contribution in [-0.4, -0.2) is 4.40 Å². The number of rotatable bonds is 2. The number of aromatic nitrogens is 3. The third-order valence-electron chi connectivity index (χ3n) is 11.7. The number of aryl methyl sites for hydroxylation is 2. The van der Waals surface area contributed by atoms with Crippen molar-refractivity contribution in [1.82, 2.24) is 4.40 Å². The number of hydrogen-bond donors (Lipinski definition) is 0. The molecule has 7 heterocycles. The van der Waals surface area contributed by atoms with E-state index < -0.39 is 0 Å². The average molecular weight is 674 g/mol. The lowest BCUT2D eigenvalue weighted by Gasteiger charge is -2.29. The molecule has 51 heavy (non-hydrogen) atoms.